The number of ether oxygens (including phenoxy) is 2. The molecule has 2 nitrogen and oxygen atoms in total. The van der Waals surface area contributed by atoms with Gasteiger partial charge in [-0.25, -0.2) is 0 Å². The Labute approximate surface area is 99.0 Å². The minimum Gasteiger partial charge on any atom is -0.349 e. The van der Waals surface area contributed by atoms with Gasteiger partial charge in [-0.1, -0.05) is 19.1 Å². The normalized spacial score (nSPS) is 43.2. The number of allylic oxidation sites excluding steroid dienone is 2. The summed E-state index contributed by atoms with van der Waals surface area (Å²) >= 11 is 0. The van der Waals surface area contributed by atoms with Crippen molar-refractivity contribution in [1.82, 2.24) is 0 Å². The maximum atomic E-state index is 6.10. The van der Waals surface area contributed by atoms with E-state index >= 15 is 0 Å². The Morgan fingerprint density at radius 3 is 2.44 bits per heavy atom. The van der Waals surface area contributed by atoms with E-state index in [1.165, 1.54) is 0 Å². The molecular weight excluding hydrogens is 200 g/mol. The lowest BCUT2D eigenvalue weighted by Gasteiger charge is -2.44. The summed E-state index contributed by atoms with van der Waals surface area (Å²) in [6, 6.07) is 0. The van der Waals surface area contributed by atoms with Crippen LogP contribution in [0, 0.1) is 11.8 Å². The molecule has 0 bridgehead atoms. The average molecular weight is 224 g/mol. The highest BCUT2D eigenvalue weighted by atomic mass is 16.7. The Kier molecular flexibility index (Phi) is 3.41. The molecule has 0 spiro atoms. The molecule has 1 aliphatic carbocycles. The van der Waals surface area contributed by atoms with Crippen LogP contribution < -0.4 is 0 Å². The molecule has 1 fully saturated rings. The predicted octanol–water partition coefficient (Wildman–Crippen LogP) is 3.52. The molecule has 0 aromatic rings. The molecule has 0 radical (unpaired) electrons. The lowest BCUT2D eigenvalue weighted by Crippen LogP contribution is -2.47. The minimum absolute atomic E-state index is 0.0151. The monoisotopic (exact) mass is 224 g/mol. The fourth-order valence-electron chi connectivity index (χ4n) is 2.90. The Morgan fingerprint density at radius 2 is 1.81 bits per heavy atom. The first kappa shape index (κ1) is 12.1. The van der Waals surface area contributed by atoms with Gasteiger partial charge in [0.15, 0.2) is 6.29 Å². The molecule has 0 N–H and O–H groups in total. The van der Waals surface area contributed by atoms with E-state index in [0.717, 1.165) is 19.3 Å². The third kappa shape index (κ3) is 2.67. The SMILES string of the molecule is C[C@@H]1CC(C)(C)O[C@H]([C@@H]2CC=CC[C@@H]2C)O1. The topological polar surface area (TPSA) is 18.5 Å². The summed E-state index contributed by atoms with van der Waals surface area (Å²) in [7, 11) is 0. The number of rotatable bonds is 1. The molecule has 2 heteroatoms. The molecule has 0 unspecified atom stereocenters. The Hall–Kier alpha value is -0.340. The molecule has 1 aliphatic heterocycles. The van der Waals surface area contributed by atoms with Crippen LogP contribution in [0.3, 0.4) is 0 Å². The van der Waals surface area contributed by atoms with Crippen LogP contribution in [-0.4, -0.2) is 18.0 Å². The summed E-state index contributed by atoms with van der Waals surface area (Å²) in [5, 5.41) is 0. The smallest absolute Gasteiger partial charge is 0.161 e. The molecule has 16 heavy (non-hydrogen) atoms. The zero-order valence-electron chi connectivity index (χ0n) is 10.9. The van der Waals surface area contributed by atoms with Crippen LogP contribution >= 0.6 is 0 Å². The van der Waals surface area contributed by atoms with Gasteiger partial charge in [0.2, 0.25) is 0 Å². The largest absolute Gasteiger partial charge is 0.349 e. The van der Waals surface area contributed by atoms with Gasteiger partial charge in [-0.15, -0.1) is 0 Å². The first-order valence-corrected chi connectivity index (χ1v) is 6.46. The predicted molar refractivity (Wildman–Crippen MR) is 65.1 cm³/mol. The third-order valence-corrected chi connectivity index (χ3v) is 3.74. The van der Waals surface area contributed by atoms with E-state index in [1.807, 2.05) is 0 Å². The standard InChI is InChI=1S/C14H24O2/c1-10-7-5-6-8-12(10)13-15-11(2)9-14(3,4)16-13/h5-6,10-13H,7-9H2,1-4H3/t10-,11+,12+,13+/m0/s1. The van der Waals surface area contributed by atoms with E-state index in [1.54, 1.807) is 0 Å². The van der Waals surface area contributed by atoms with Gasteiger partial charge in [-0.2, -0.15) is 0 Å². The Balaban J connectivity index is 2.05. The van der Waals surface area contributed by atoms with E-state index in [2.05, 4.69) is 39.8 Å². The molecule has 92 valence electrons. The summed E-state index contributed by atoms with van der Waals surface area (Å²) in [5.74, 6) is 1.18. The maximum Gasteiger partial charge on any atom is 0.161 e. The van der Waals surface area contributed by atoms with Gasteiger partial charge in [0, 0.05) is 12.3 Å². The van der Waals surface area contributed by atoms with E-state index in [9.17, 15) is 0 Å². The Bertz CT molecular complexity index is 270. The molecule has 0 aromatic carbocycles. The van der Waals surface area contributed by atoms with Crippen LogP contribution in [-0.2, 0) is 9.47 Å². The van der Waals surface area contributed by atoms with Crippen LogP contribution in [0.2, 0.25) is 0 Å². The summed E-state index contributed by atoms with van der Waals surface area (Å²) in [6.45, 7) is 8.79. The second kappa shape index (κ2) is 4.50. The molecule has 4 atom stereocenters. The molecule has 2 aliphatic rings. The van der Waals surface area contributed by atoms with Crippen LogP contribution in [0.25, 0.3) is 0 Å². The van der Waals surface area contributed by atoms with Crippen molar-refractivity contribution >= 4 is 0 Å². The highest BCUT2D eigenvalue weighted by Crippen LogP contribution is 2.37. The number of hydrogen-bond donors (Lipinski definition) is 0. The maximum absolute atomic E-state index is 6.10. The third-order valence-electron chi connectivity index (χ3n) is 3.74. The van der Waals surface area contributed by atoms with Crippen molar-refractivity contribution in [2.45, 2.75) is 65.0 Å². The molecule has 0 aromatic heterocycles. The molecular formula is C14H24O2. The molecule has 2 rings (SSSR count). The van der Waals surface area contributed by atoms with Gasteiger partial charge in [0.05, 0.1) is 11.7 Å². The van der Waals surface area contributed by atoms with Gasteiger partial charge < -0.3 is 9.47 Å². The lowest BCUT2D eigenvalue weighted by atomic mass is 9.83. The van der Waals surface area contributed by atoms with Crippen LogP contribution in [0.1, 0.15) is 47.0 Å². The average Bonchev–Trinajstić information content (AvgIpc) is 2.15. The minimum atomic E-state index is -0.0385. The van der Waals surface area contributed by atoms with E-state index in [-0.39, 0.29) is 11.9 Å². The van der Waals surface area contributed by atoms with Gasteiger partial charge in [0.25, 0.3) is 0 Å². The first-order chi connectivity index (χ1) is 7.48. The second-order valence-corrected chi connectivity index (χ2v) is 5.98. The van der Waals surface area contributed by atoms with Crippen molar-refractivity contribution in [1.29, 1.82) is 0 Å². The molecule has 1 saturated heterocycles. The fraction of sp³-hybridized carbons (Fsp3) is 0.857. The molecule has 0 saturated carbocycles. The second-order valence-electron chi connectivity index (χ2n) is 5.98. The van der Waals surface area contributed by atoms with Gasteiger partial charge in [0.1, 0.15) is 0 Å². The van der Waals surface area contributed by atoms with E-state index < -0.39 is 0 Å². The quantitative estimate of drug-likeness (QED) is 0.634. The van der Waals surface area contributed by atoms with Gasteiger partial charge >= 0.3 is 0 Å². The zero-order valence-corrected chi connectivity index (χ0v) is 10.9. The zero-order chi connectivity index (χ0) is 11.8. The van der Waals surface area contributed by atoms with Gasteiger partial charge in [-0.05, 0) is 39.5 Å². The molecule has 1 heterocycles. The number of hydrogen-bond acceptors (Lipinski definition) is 2. The van der Waals surface area contributed by atoms with Crippen molar-refractivity contribution in [3.05, 3.63) is 12.2 Å². The lowest BCUT2D eigenvalue weighted by molar-refractivity contribution is -0.292. The highest BCUT2D eigenvalue weighted by molar-refractivity contribution is 4.95. The van der Waals surface area contributed by atoms with Crippen molar-refractivity contribution in [2.24, 2.45) is 11.8 Å². The summed E-state index contributed by atoms with van der Waals surface area (Å²) < 4.78 is 12.1. The van der Waals surface area contributed by atoms with E-state index in [4.69, 9.17) is 9.47 Å². The van der Waals surface area contributed by atoms with Crippen molar-refractivity contribution in [2.75, 3.05) is 0 Å². The highest BCUT2D eigenvalue weighted by Gasteiger charge is 2.39. The fourth-order valence-corrected chi connectivity index (χ4v) is 2.90. The van der Waals surface area contributed by atoms with Crippen LogP contribution in [0.5, 0.6) is 0 Å². The van der Waals surface area contributed by atoms with Gasteiger partial charge in [-0.3, -0.25) is 0 Å². The van der Waals surface area contributed by atoms with Crippen molar-refractivity contribution in [3.63, 3.8) is 0 Å². The summed E-state index contributed by atoms with van der Waals surface area (Å²) in [6.07, 6.45) is 8.07. The van der Waals surface area contributed by atoms with Crippen LogP contribution in [0.15, 0.2) is 12.2 Å². The summed E-state index contributed by atoms with van der Waals surface area (Å²) in [4.78, 5) is 0. The van der Waals surface area contributed by atoms with E-state index in [0.29, 0.717) is 17.9 Å². The Morgan fingerprint density at radius 1 is 1.12 bits per heavy atom. The summed E-state index contributed by atoms with van der Waals surface area (Å²) in [5.41, 5.74) is -0.0385. The van der Waals surface area contributed by atoms with Crippen molar-refractivity contribution in [3.8, 4) is 0 Å². The van der Waals surface area contributed by atoms with Crippen LogP contribution in [0.4, 0.5) is 0 Å². The first-order valence-electron chi connectivity index (χ1n) is 6.46. The van der Waals surface area contributed by atoms with Crippen molar-refractivity contribution < 1.29 is 9.47 Å². The molecule has 0 amide bonds.